The van der Waals surface area contributed by atoms with Crippen LogP contribution in [0.1, 0.15) is 27.0 Å². The first-order valence-electron chi connectivity index (χ1n) is 6.72. The van der Waals surface area contributed by atoms with Gasteiger partial charge in [-0.15, -0.1) is 0 Å². The maximum atomic E-state index is 12.5. The Morgan fingerprint density at radius 1 is 1.00 bits per heavy atom. The molecule has 0 aliphatic rings. The van der Waals surface area contributed by atoms with Gasteiger partial charge in [0.1, 0.15) is 0 Å². The molecule has 5 nitrogen and oxygen atoms in total. The summed E-state index contributed by atoms with van der Waals surface area (Å²) < 4.78 is 27.5. The number of primary amides is 1. The molecule has 0 unspecified atom stereocenters. The Kier molecular flexibility index (Phi) is 4.23. The minimum Gasteiger partial charge on any atom is -0.366 e. The van der Waals surface area contributed by atoms with Crippen molar-refractivity contribution in [3.05, 3.63) is 58.7 Å². The van der Waals surface area contributed by atoms with Gasteiger partial charge in [-0.25, -0.2) is 8.42 Å². The highest BCUT2D eigenvalue weighted by Gasteiger charge is 2.19. The van der Waals surface area contributed by atoms with Crippen molar-refractivity contribution in [3.63, 3.8) is 0 Å². The van der Waals surface area contributed by atoms with Crippen LogP contribution in [0.3, 0.4) is 0 Å². The number of aryl methyl sites for hydroxylation is 3. The van der Waals surface area contributed by atoms with E-state index in [4.69, 9.17) is 5.73 Å². The third-order valence-corrected chi connectivity index (χ3v) is 4.91. The number of amides is 1. The standard InChI is InChI=1S/C16H18N2O3S/c1-10-7-8-13(9-12(10)3)22(20,21)18-15-11(2)5-4-6-14(15)16(17)19/h4-9,18H,1-3H3,(H2,17,19). The fourth-order valence-electron chi connectivity index (χ4n) is 2.08. The van der Waals surface area contributed by atoms with Gasteiger partial charge in [0.25, 0.3) is 15.9 Å². The molecular formula is C16H18N2O3S. The second kappa shape index (κ2) is 5.81. The fourth-order valence-corrected chi connectivity index (χ4v) is 3.32. The van der Waals surface area contributed by atoms with E-state index < -0.39 is 15.9 Å². The molecule has 0 saturated heterocycles. The lowest BCUT2D eigenvalue weighted by molar-refractivity contribution is 0.100. The molecule has 0 saturated carbocycles. The van der Waals surface area contributed by atoms with E-state index >= 15 is 0 Å². The molecule has 0 aliphatic carbocycles. The van der Waals surface area contributed by atoms with Gasteiger partial charge in [0.15, 0.2) is 0 Å². The van der Waals surface area contributed by atoms with Crippen LogP contribution in [0, 0.1) is 20.8 Å². The van der Waals surface area contributed by atoms with E-state index in [1.807, 2.05) is 13.8 Å². The van der Waals surface area contributed by atoms with Gasteiger partial charge in [-0.3, -0.25) is 9.52 Å². The molecule has 2 rings (SSSR count). The summed E-state index contributed by atoms with van der Waals surface area (Å²) in [4.78, 5) is 11.6. The molecule has 0 bridgehead atoms. The van der Waals surface area contributed by atoms with Gasteiger partial charge < -0.3 is 5.73 Å². The van der Waals surface area contributed by atoms with Crippen molar-refractivity contribution in [1.82, 2.24) is 0 Å². The van der Waals surface area contributed by atoms with Gasteiger partial charge >= 0.3 is 0 Å². The summed E-state index contributed by atoms with van der Waals surface area (Å²) in [5.41, 5.74) is 8.19. The normalized spacial score (nSPS) is 11.2. The Morgan fingerprint density at radius 2 is 1.68 bits per heavy atom. The summed E-state index contributed by atoms with van der Waals surface area (Å²) in [6.07, 6.45) is 0. The number of rotatable bonds is 4. The first-order chi connectivity index (χ1) is 10.2. The van der Waals surface area contributed by atoms with E-state index in [1.54, 1.807) is 31.2 Å². The van der Waals surface area contributed by atoms with Gasteiger partial charge in [0.05, 0.1) is 16.1 Å². The second-order valence-electron chi connectivity index (χ2n) is 5.21. The Labute approximate surface area is 130 Å². The predicted octanol–water partition coefficient (Wildman–Crippen LogP) is 2.51. The second-order valence-corrected chi connectivity index (χ2v) is 6.90. The van der Waals surface area contributed by atoms with E-state index in [9.17, 15) is 13.2 Å². The van der Waals surface area contributed by atoms with Crippen molar-refractivity contribution in [2.24, 2.45) is 5.73 Å². The van der Waals surface area contributed by atoms with Crippen LogP contribution >= 0.6 is 0 Å². The smallest absolute Gasteiger partial charge is 0.261 e. The largest absolute Gasteiger partial charge is 0.366 e. The molecule has 3 N–H and O–H groups in total. The Hall–Kier alpha value is -2.34. The number of nitrogens with one attached hydrogen (secondary N) is 1. The zero-order valence-corrected chi connectivity index (χ0v) is 13.5. The zero-order valence-electron chi connectivity index (χ0n) is 12.7. The highest BCUT2D eigenvalue weighted by Crippen LogP contribution is 2.24. The summed E-state index contributed by atoms with van der Waals surface area (Å²) in [5.74, 6) is -0.679. The average molecular weight is 318 g/mol. The third-order valence-electron chi connectivity index (χ3n) is 3.56. The maximum Gasteiger partial charge on any atom is 0.261 e. The van der Waals surface area contributed by atoms with Crippen molar-refractivity contribution in [2.45, 2.75) is 25.7 Å². The molecule has 22 heavy (non-hydrogen) atoms. The summed E-state index contributed by atoms with van der Waals surface area (Å²) in [6.45, 7) is 5.47. The Morgan fingerprint density at radius 3 is 2.27 bits per heavy atom. The van der Waals surface area contributed by atoms with Crippen molar-refractivity contribution < 1.29 is 13.2 Å². The Bertz CT molecular complexity index is 842. The quantitative estimate of drug-likeness (QED) is 0.907. The van der Waals surface area contributed by atoms with Crippen LogP contribution in [0.25, 0.3) is 0 Å². The zero-order chi connectivity index (χ0) is 16.5. The SMILES string of the molecule is Cc1ccc(S(=O)(=O)Nc2c(C)cccc2C(N)=O)cc1C. The molecule has 0 aromatic heterocycles. The number of para-hydroxylation sites is 1. The van der Waals surface area contributed by atoms with Gasteiger partial charge in [-0.2, -0.15) is 0 Å². The monoisotopic (exact) mass is 318 g/mol. The van der Waals surface area contributed by atoms with Crippen LogP contribution in [0.2, 0.25) is 0 Å². The maximum absolute atomic E-state index is 12.5. The van der Waals surface area contributed by atoms with Gasteiger partial charge in [0.2, 0.25) is 0 Å². The number of carbonyl (C=O) groups excluding carboxylic acids is 1. The molecule has 6 heteroatoms. The van der Waals surface area contributed by atoms with E-state index in [0.29, 0.717) is 5.56 Å². The highest BCUT2D eigenvalue weighted by molar-refractivity contribution is 7.92. The Balaban J connectivity index is 2.50. The first-order valence-corrected chi connectivity index (χ1v) is 8.20. The van der Waals surface area contributed by atoms with Crippen molar-refractivity contribution in [3.8, 4) is 0 Å². The summed E-state index contributed by atoms with van der Waals surface area (Å²) in [7, 11) is -3.79. The molecule has 116 valence electrons. The van der Waals surface area contributed by atoms with Gasteiger partial charge in [-0.05, 0) is 55.7 Å². The number of hydrogen-bond acceptors (Lipinski definition) is 3. The number of nitrogens with two attached hydrogens (primary N) is 1. The van der Waals surface area contributed by atoms with Crippen molar-refractivity contribution >= 4 is 21.6 Å². The predicted molar refractivity (Wildman–Crippen MR) is 86.4 cm³/mol. The van der Waals surface area contributed by atoms with Crippen molar-refractivity contribution in [1.29, 1.82) is 0 Å². The molecule has 0 spiro atoms. The molecule has 0 aliphatic heterocycles. The topological polar surface area (TPSA) is 89.3 Å². The summed E-state index contributed by atoms with van der Waals surface area (Å²) in [5, 5.41) is 0. The lowest BCUT2D eigenvalue weighted by Gasteiger charge is -2.14. The highest BCUT2D eigenvalue weighted by atomic mass is 32.2. The number of carbonyl (C=O) groups is 1. The molecule has 0 radical (unpaired) electrons. The third kappa shape index (κ3) is 3.12. The molecule has 2 aromatic carbocycles. The lowest BCUT2D eigenvalue weighted by atomic mass is 10.1. The van der Waals surface area contributed by atoms with Gasteiger partial charge in [-0.1, -0.05) is 18.2 Å². The number of sulfonamides is 1. The van der Waals surface area contributed by atoms with E-state index in [-0.39, 0.29) is 16.1 Å². The molecule has 1 amide bonds. The van der Waals surface area contributed by atoms with Crippen LogP contribution in [-0.4, -0.2) is 14.3 Å². The van der Waals surface area contributed by atoms with Crippen LogP contribution in [0.4, 0.5) is 5.69 Å². The van der Waals surface area contributed by atoms with E-state index in [0.717, 1.165) is 11.1 Å². The van der Waals surface area contributed by atoms with E-state index in [2.05, 4.69) is 4.72 Å². The molecule has 0 heterocycles. The lowest BCUT2D eigenvalue weighted by Crippen LogP contribution is -2.19. The van der Waals surface area contributed by atoms with Gasteiger partial charge in [0, 0.05) is 0 Å². The van der Waals surface area contributed by atoms with E-state index in [1.165, 1.54) is 12.1 Å². The van der Waals surface area contributed by atoms with Crippen LogP contribution in [0.5, 0.6) is 0 Å². The molecular weight excluding hydrogens is 300 g/mol. The molecule has 2 aromatic rings. The summed E-state index contributed by atoms with van der Waals surface area (Å²) in [6, 6.07) is 9.74. The number of hydrogen-bond donors (Lipinski definition) is 2. The van der Waals surface area contributed by atoms with Crippen LogP contribution < -0.4 is 10.5 Å². The van der Waals surface area contributed by atoms with Crippen LogP contribution in [-0.2, 0) is 10.0 Å². The van der Waals surface area contributed by atoms with Crippen molar-refractivity contribution in [2.75, 3.05) is 4.72 Å². The van der Waals surface area contributed by atoms with Crippen LogP contribution in [0.15, 0.2) is 41.3 Å². The average Bonchev–Trinajstić information content (AvgIpc) is 2.43. The number of benzene rings is 2. The first kappa shape index (κ1) is 16.0. The summed E-state index contributed by atoms with van der Waals surface area (Å²) >= 11 is 0. The fraction of sp³-hybridized carbons (Fsp3) is 0.188. The number of anilines is 1. The minimum absolute atomic E-state index is 0.146. The molecule has 0 fully saturated rings. The minimum atomic E-state index is -3.79. The molecule has 0 atom stereocenters.